The number of rotatable bonds is 10. The number of hydrogen-bond acceptors (Lipinski definition) is 5. The SMILES string of the molecule is CCNC(=NCC1(SCC)CCOCC1)NC1CCN(CCCOC)CC1. The molecule has 7 heteroatoms. The van der Waals surface area contributed by atoms with Crippen molar-refractivity contribution in [3.05, 3.63) is 0 Å². The third-order valence-corrected chi connectivity index (χ3v) is 6.91. The molecule has 2 aliphatic heterocycles. The smallest absolute Gasteiger partial charge is 0.191 e. The fourth-order valence-electron chi connectivity index (χ4n) is 3.87. The minimum atomic E-state index is 0.250. The first-order chi connectivity index (χ1) is 13.2. The lowest BCUT2D eigenvalue weighted by Gasteiger charge is -2.36. The van der Waals surface area contributed by atoms with Crippen LogP contribution >= 0.6 is 11.8 Å². The molecule has 0 spiro atoms. The van der Waals surface area contributed by atoms with Crippen LogP contribution in [0.4, 0.5) is 0 Å². The van der Waals surface area contributed by atoms with Crippen LogP contribution in [0.15, 0.2) is 4.99 Å². The van der Waals surface area contributed by atoms with Gasteiger partial charge in [0.1, 0.15) is 0 Å². The van der Waals surface area contributed by atoms with Crippen molar-refractivity contribution in [2.75, 3.05) is 65.4 Å². The lowest BCUT2D eigenvalue weighted by Crippen LogP contribution is -2.49. The molecule has 0 aromatic carbocycles. The minimum absolute atomic E-state index is 0.250. The topological polar surface area (TPSA) is 58.1 Å². The predicted molar refractivity (Wildman–Crippen MR) is 116 cm³/mol. The van der Waals surface area contributed by atoms with E-state index in [9.17, 15) is 0 Å². The van der Waals surface area contributed by atoms with Crippen molar-refractivity contribution in [3.63, 3.8) is 0 Å². The average molecular weight is 401 g/mol. The number of nitrogens with one attached hydrogen (secondary N) is 2. The number of thioether (sulfide) groups is 1. The molecule has 27 heavy (non-hydrogen) atoms. The largest absolute Gasteiger partial charge is 0.385 e. The maximum absolute atomic E-state index is 5.59. The number of methoxy groups -OCH3 is 1. The normalized spacial score (nSPS) is 22.0. The van der Waals surface area contributed by atoms with Crippen molar-refractivity contribution in [3.8, 4) is 0 Å². The van der Waals surface area contributed by atoms with Crippen molar-refractivity contribution in [2.24, 2.45) is 4.99 Å². The van der Waals surface area contributed by atoms with Gasteiger partial charge < -0.3 is 25.0 Å². The molecule has 0 bridgehead atoms. The van der Waals surface area contributed by atoms with E-state index in [-0.39, 0.29) is 4.75 Å². The predicted octanol–water partition coefficient (Wildman–Crippen LogP) is 2.34. The van der Waals surface area contributed by atoms with E-state index in [0.717, 1.165) is 83.5 Å². The van der Waals surface area contributed by atoms with Crippen LogP contribution in [0.25, 0.3) is 0 Å². The quantitative estimate of drug-likeness (QED) is 0.333. The van der Waals surface area contributed by atoms with Gasteiger partial charge in [0.25, 0.3) is 0 Å². The lowest BCUT2D eigenvalue weighted by atomic mass is 9.99. The van der Waals surface area contributed by atoms with Crippen LogP contribution in [0.3, 0.4) is 0 Å². The van der Waals surface area contributed by atoms with Crippen molar-refractivity contribution < 1.29 is 9.47 Å². The van der Waals surface area contributed by atoms with Gasteiger partial charge in [0.05, 0.1) is 6.54 Å². The summed E-state index contributed by atoms with van der Waals surface area (Å²) in [5.74, 6) is 2.12. The molecular weight excluding hydrogens is 360 g/mol. The number of hydrogen-bond donors (Lipinski definition) is 2. The summed E-state index contributed by atoms with van der Waals surface area (Å²) in [5, 5.41) is 7.14. The summed E-state index contributed by atoms with van der Waals surface area (Å²) in [6.45, 7) is 12.2. The summed E-state index contributed by atoms with van der Waals surface area (Å²) in [6.07, 6.45) is 5.70. The second-order valence-corrected chi connectivity index (χ2v) is 9.26. The van der Waals surface area contributed by atoms with Gasteiger partial charge in [0.15, 0.2) is 5.96 Å². The van der Waals surface area contributed by atoms with Crippen LogP contribution < -0.4 is 10.6 Å². The molecule has 0 aliphatic carbocycles. The number of likely N-dealkylation sites (tertiary alicyclic amines) is 1. The van der Waals surface area contributed by atoms with Crippen LogP contribution in [-0.2, 0) is 9.47 Å². The summed E-state index contributed by atoms with van der Waals surface area (Å²) >= 11 is 2.06. The van der Waals surface area contributed by atoms with E-state index in [0.29, 0.717) is 6.04 Å². The first-order valence-electron chi connectivity index (χ1n) is 10.7. The van der Waals surface area contributed by atoms with Crippen molar-refractivity contribution >= 4 is 17.7 Å². The van der Waals surface area contributed by atoms with E-state index >= 15 is 0 Å². The number of guanidine groups is 1. The van der Waals surface area contributed by atoms with Crippen LogP contribution in [-0.4, -0.2) is 87.1 Å². The van der Waals surface area contributed by atoms with Crippen LogP contribution in [0.5, 0.6) is 0 Å². The van der Waals surface area contributed by atoms with Gasteiger partial charge in [-0.25, -0.2) is 0 Å². The van der Waals surface area contributed by atoms with Gasteiger partial charge in [0.2, 0.25) is 0 Å². The van der Waals surface area contributed by atoms with Gasteiger partial charge >= 0.3 is 0 Å². The number of nitrogens with zero attached hydrogens (tertiary/aromatic N) is 2. The van der Waals surface area contributed by atoms with Crippen LogP contribution in [0.2, 0.25) is 0 Å². The third-order valence-electron chi connectivity index (χ3n) is 5.48. The Morgan fingerprint density at radius 1 is 1.26 bits per heavy atom. The fraction of sp³-hybridized carbons (Fsp3) is 0.950. The molecule has 2 fully saturated rings. The van der Waals surface area contributed by atoms with Crippen molar-refractivity contribution in [2.45, 2.75) is 56.7 Å². The Hall–Kier alpha value is -0.500. The number of ether oxygens (including phenoxy) is 2. The zero-order chi connectivity index (χ0) is 19.4. The van der Waals surface area contributed by atoms with E-state index in [1.54, 1.807) is 7.11 Å². The number of piperidine rings is 1. The Labute approximate surface area is 170 Å². The standard InChI is InChI=1S/C20H40N4O2S/c1-4-21-19(22-17-20(27-5-2)9-15-26-16-10-20)23-18-7-12-24(13-8-18)11-6-14-25-3/h18H,4-17H2,1-3H3,(H2,21,22,23). The fourth-order valence-corrected chi connectivity index (χ4v) is 5.09. The Balaban J connectivity index is 1.83. The number of aliphatic imine (C=N–C) groups is 1. The van der Waals surface area contributed by atoms with Gasteiger partial charge in [0, 0.05) is 63.9 Å². The van der Waals surface area contributed by atoms with Crippen molar-refractivity contribution in [1.29, 1.82) is 0 Å². The molecule has 0 unspecified atom stereocenters. The molecule has 2 N–H and O–H groups in total. The van der Waals surface area contributed by atoms with Gasteiger partial charge in [-0.05, 0) is 44.8 Å². The lowest BCUT2D eigenvalue weighted by molar-refractivity contribution is 0.0793. The summed E-state index contributed by atoms with van der Waals surface area (Å²) < 4.78 is 11.0. The molecular formula is C20H40N4O2S. The second-order valence-electron chi connectivity index (χ2n) is 7.53. The Bertz CT molecular complexity index is 417. The van der Waals surface area contributed by atoms with Gasteiger partial charge in [-0.15, -0.1) is 0 Å². The van der Waals surface area contributed by atoms with E-state index in [1.165, 1.54) is 12.8 Å². The molecule has 2 saturated heterocycles. The summed E-state index contributed by atoms with van der Waals surface area (Å²) in [5.41, 5.74) is 0. The van der Waals surface area contributed by atoms with Gasteiger partial charge in [-0.1, -0.05) is 6.92 Å². The molecule has 158 valence electrons. The molecule has 0 aromatic heterocycles. The minimum Gasteiger partial charge on any atom is -0.385 e. The first-order valence-corrected chi connectivity index (χ1v) is 11.7. The summed E-state index contributed by atoms with van der Waals surface area (Å²) in [4.78, 5) is 7.54. The maximum Gasteiger partial charge on any atom is 0.191 e. The molecule has 0 amide bonds. The van der Waals surface area contributed by atoms with E-state index in [4.69, 9.17) is 14.5 Å². The highest BCUT2D eigenvalue weighted by Crippen LogP contribution is 2.35. The summed E-state index contributed by atoms with van der Waals surface area (Å²) in [6, 6.07) is 0.519. The van der Waals surface area contributed by atoms with Gasteiger partial charge in [-0.2, -0.15) is 11.8 Å². The molecule has 2 heterocycles. The molecule has 0 aromatic rings. The van der Waals surface area contributed by atoms with Crippen LogP contribution in [0.1, 0.15) is 46.0 Å². The maximum atomic E-state index is 5.59. The highest BCUT2D eigenvalue weighted by Gasteiger charge is 2.32. The van der Waals surface area contributed by atoms with Crippen LogP contribution in [0, 0.1) is 0 Å². The van der Waals surface area contributed by atoms with Gasteiger partial charge in [-0.3, -0.25) is 4.99 Å². The first kappa shape index (κ1) is 22.8. The Morgan fingerprint density at radius 3 is 2.63 bits per heavy atom. The van der Waals surface area contributed by atoms with E-state index in [2.05, 4.69) is 41.1 Å². The highest BCUT2D eigenvalue weighted by molar-refractivity contribution is 8.00. The molecule has 0 saturated carbocycles. The highest BCUT2D eigenvalue weighted by atomic mass is 32.2. The van der Waals surface area contributed by atoms with E-state index < -0.39 is 0 Å². The molecule has 2 rings (SSSR count). The summed E-state index contributed by atoms with van der Waals surface area (Å²) in [7, 11) is 1.78. The van der Waals surface area contributed by atoms with Crippen molar-refractivity contribution in [1.82, 2.24) is 15.5 Å². The molecule has 0 atom stereocenters. The second kappa shape index (κ2) is 12.9. The van der Waals surface area contributed by atoms with E-state index in [1.807, 2.05) is 0 Å². The zero-order valence-corrected chi connectivity index (χ0v) is 18.4. The Kier molecular flexibility index (Phi) is 10.9. The molecule has 2 aliphatic rings. The molecule has 0 radical (unpaired) electrons. The Morgan fingerprint density at radius 2 is 2.00 bits per heavy atom. The monoisotopic (exact) mass is 400 g/mol. The molecule has 6 nitrogen and oxygen atoms in total. The average Bonchev–Trinajstić information content (AvgIpc) is 2.69. The zero-order valence-electron chi connectivity index (χ0n) is 17.6. The third kappa shape index (κ3) is 8.18.